The van der Waals surface area contributed by atoms with E-state index in [2.05, 4.69) is 5.92 Å². The molecule has 0 aromatic heterocycles. The molecule has 0 aliphatic carbocycles. The topological polar surface area (TPSA) is 37.4 Å². The van der Waals surface area contributed by atoms with Gasteiger partial charge in [-0.3, -0.25) is 14.5 Å². The number of terminal acetylenes is 1. The molecule has 3 nitrogen and oxygen atoms in total. The molecule has 0 saturated carbocycles. The Labute approximate surface area is 107 Å². The van der Waals surface area contributed by atoms with Crippen molar-refractivity contribution in [3.05, 3.63) is 34.9 Å². The van der Waals surface area contributed by atoms with Gasteiger partial charge in [-0.25, -0.2) is 0 Å². The molecule has 3 heteroatoms. The molecule has 1 aromatic carbocycles. The summed E-state index contributed by atoms with van der Waals surface area (Å²) in [6, 6.07) is 5.11. The lowest BCUT2D eigenvalue weighted by molar-refractivity contribution is 0.0583. The Bertz CT molecular complexity index is 554. The first-order valence-electron chi connectivity index (χ1n) is 6.02. The van der Waals surface area contributed by atoms with Crippen molar-refractivity contribution >= 4 is 11.8 Å². The van der Waals surface area contributed by atoms with Gasteiger partial charge in [0.05, 0.1) is 17.2 Å². The van der Waals surface area contributed by atoms with Crippen molar-refractivity contribution in [1.82, 2.24) is 4.90 Å². The Morgan fingerprint density at radius 1 is 1.28 bits per heavy atom. The fourth-order valence-corrected chi connectivity index (χ4v) is 2.26. The van der Waals surface area contributed by atoms with E-state index in [0.717, 1.165) is 5.56 Å². The Kier molecular flexibility index (Phi) is 3.20. The number of carbonyl (C=O) groups is 2. The highest BCUT2D eigenvalue weighted by atomic mass is 16.2. The maximum Gasteiger partial charge on any atom is 0.261 e. The van der Waals surface area contributed by atoms with E-state index in [1.165, 1.54) is 4.90 Å². The van der Waals surface area contributed by atoms with Crippen LogP contribution in [0.15, 0.2) is 18.2 Å². The number of carbonyl (C=O) groups excluding carboxylic acids is 2. The lowest BCUT2D eigenvalue weighted by Gasteiger charge is -2.23. The van der Waals surface area contributed by atoms with Crippen LogP contribution >= 0.6 is 0 Å². The third kappa shape index (κ3) is 1.80. The smallest absolute Gasteiger partial charge is 0.261 e. The zero-order chi connectivity index (χ0) is 13.3. The van der Waals surface area contributed by atoms with Crippen molar-refractivity contribution in [2.75, 3.05) is 0 Å². The van der Waals surface area contributed by atoms with Gasteiger partial charge in [0.2, 0.25) is 0 Å². The second kappa shape index (κ2) is 4.66. The molecule has 1 heterocycles. The summed E-state index contributed by atoms with van der Waals surface area (Å²) in [5, 5.41) is 0. The summed E-state index contributed by atoms with van der Waals surface area (Å²) in [6.45, 7) is 3.83. The largest absolute Gasteiger partial charge is 0.270 e. The molecule has 0 fully saturated rings. The molecule has 18 heavy (non-hydrogen) atoms. The number of amides is 2. The van der Waals surface area contributed by atoms with Crippen molar-refractivity contribution in [3.63, 3.8) is 0 Å². The zero-order valence-corrected chi connectivity index (χ0v) is 10.6. The van der Waals surface area contributed by atoms with Crippen LogP contribution in [0.2, 0.25) is 0 Å². The summed E-state index contributed by atoms with van der Waals surface area (Å²) in [4.78, 5) is 25.8. The van der Waals surface area contributed by atoms with E-state index in [-0.39, 0.29) is 17.9 Å². The lowest BCUT2D eigenvalue weighted by atomic mass is 10.1. The van der Waals surface area contributed by atoms with Crippen LogP contribution in [0.5, 0.6) is 0 Å². The van der Waals surface area contributed by atoms with Gasteiger partial charge in [-0.2, -0.15) is 0 Å². The second-order valence-corrected chi connectivity index (χ2v) is 4.50. The van der Waals surface area contributed by atoms with Crippen molar-refractivity contribution in [2.24, 2.45) is 0 Å². The number of hydrogen-bond donors (Lipinski definition) is 0. The molecule has 0 saturated heterocycles. The molecule has 1 aromatic rings. The predicted octanol–water partition coefficient (Wildman–Crippen LogP) is 2.39. The molecule has 92 valence electrons. The van der Waals surface area contributed by atoms with Crippen molar-refractivity contribution in [2.45, 2.75) is 32.7 Å². The van der Waals surface area contributed by atoms with Crippen LogP contribution in [0.3, 0.4) is 0 Å². The molecule has 0 radical (unpaired) electrons. The minimum Gasteiger partial charge on any atom is -0.270 e. The highest BCUT2D eigenvalue weighted by Gasteiger charge is 2.38. The number of hydrogen-bond acceptors (Lipinski definition) is 2. The third-order valence-corrected chi connectivity index (χ3v) is 3.26. The summed E-state index contributed by atoms with van der Waals surface area (Å²) in [6.07, 6.45) is 6.37. The van der Waals surface area contributed by atoms with Crippen LogP contribution in [0.1, 0.15) is 46.0 Å². The Morgan fingerprint density at radius 2 is 1.94 bits per heavy atom. The normalized spacial score (nSPS) is 15.5. The van der Waals surface area contributed by atoms with Crippen LogP contribution in [0.4, 0.5) is 0 Å². The average Bonchev–Trinajstić information content (AvgIpc) is 2.59. The molecule has 0 spiro atoms. The van der Waals surface area contributed by atoms with Gasteiger partial charge in [0.1, 0.15) is 0 Å². The number of aryl methyl sites for hydroxylation is 1. The van der Waals surface area contributed by atoms with Gasteiger partial charge in [-0.15, -0.1) is 12.3 Å². The quantitative estimate of drug-likeness (QED) is 0.602. The highest BCUT2D eigenvalue weighted by molar-refractivity contribution is 6.21. The summed E-state index contributed by atoms with van der Waals surface area (Å²) >= 11 is 0. The maximum absolute atomic E-state index is 12.3. The van der Waals surface area contributed by atoms with Crippen LogP contribution in [0.25, 0.3) is 0 Å². The van der Waals surface area contributed by atoms with Gasteiger partial charge in [0.25, 0.3) is 11.8 Å². The van der Waals surface area contributed by atoms with E-state index in [1.54, 1.807) is 12.1 Å². The molecular formula is C15H15NO2. The Hall–Kier alpha value is -2.08. The fraction of sp³-hybridized carbons (Fsp3) is 0.333. The number of benzene rings is 1. The number of rotatable bonds is 3. The summed E-state index contributed by atoms with van der Waals surface area (Å²) in [5.74, 6) is 2.08. The lowest BCUT2D eigenvalue weighted by Crippen LogP contribution is -2.39. The van der Waals surface area contributed by atoms with E-state index < -0.39 is 0 Å². The minimum atomic E-state index is -0.225. The first-order valence-corrected chi connectivity index (χ1v) is 6.02. The van der Waals surface area contributed by atoms with Crippen LogP contribution in [-0.2, 0) is 0 Å². The fourth-order valence-electron chi connectivity index (χ4n) is 2.26. The van der Waals surface area contributed by atoms with Crippen molar-refractivity contribution in [3.8, 4) is 12.3 Å². The van der Waals surface area contributed by atoms with Gasteiger partial charge in [-0.05, 0) is 25.5 Å². The third-order valence-electron chi connectivity index (χ3n) is 3.26. The zero-order valence-electron chi connectivity index (χ0n) is 10.6. The first kappa shape index (κ1) is 12.4. The van der Waals surface area contributed by atoms with E-state index in [1.807, 2.05) is 19.9 Å². The number of nitrogens with zero attached hydrogens (tertiary/aromatic N) is 1. The van der Waals surface area contributed by atoms with Crippen molar-refractivity contribution < 1.29 is 9.59 Å². The van der Waals surface area contributed by atoms with Gasteiger partial charge < -0.3 is 0 Å². The first-order chi connectivity index (χ1) is 8.60. The van der Waals surface area contributed by atoms with Crippen molar-refractivity contribution in [1.29, 1.82) is 0 Å². The Balaban J connectivity index is 2.42. The van der Waals surface area contributed by atoms with Gasteiger partial charge in [0.15, 0.2) is 0 Å². The summed E-state index contributed by atoms with van der Waals surface area (Å²) in [7, 11) is 0. The standard InChI is InChI=1S/C15H15NO2/c1-4-6-11(5-2)16-14(17)12-8-7-10(3)9-13(12)15(16)18/h1,7-9,11H,5-6H2,2-3H3. The van der Waals surface area contributed by atoms with Gasteiger partial charge in [0, 0.05) is 6.42 Å². The van der Waals surface area contributed by atoms with E-state index >= 15 is 0 Å². The molecule has 2 rings (SSSR count). The summed E-state index contributed by atoms with van der Waals surface area (Å²) in [5.41, 5.74) is 1.96. The molecular weight excluding hydrogens is 226 g/mol. The SMILES string of the molecule is C#CCC(CC)N1C(=O)c2ccc(C)cc2C1=O. The molecule has 1 aliphatic heterocycles. The van der Waals surface area contributed by atoms with Crippen LogP contribution < -0.4 is 0 Å². The molecule has 1 unspecified atom stereocenters. The number of fused-ring (bicyclic) bond motifs is 1. The minimum absolute atomic E-state index is 0.206. The average molecular weight is 241 g/mol. The van der Waals surface area contributed by atoms with Crippen LogP contribution in [-0.4, -0.2) is 22.8 Å². The molecule has 1 atom stereocenters. The van der Waals surface area contributed by atoms with E-state index in [0.29, 0.717) is 24.0 Å². The molecule has 0 N–H and O–H groups in total. The molecule has 1 aliphatic rings. The monoisotopic (exact) mass is 241 g/mol. The number of imide groups is 1. The predicted molar refractivity (Wildman–Crippen MR) is 69.2 cm³/mol. The highest BCUT2D eigenvalue weighted by Crippen LogP contribution is 2.27. The van der Waals surface area contributed by atoms with E-state index in [4.69, 9.17) is 6.42 Å². The second-order valence-electron chi connectivity index (χ2n) is 4.50. The Morgan fingerprint density at radius 3 is 2.56 bits per heavy atom. The van der Waals surface area contributed by atoms with E-state index in [9.17, 15) is 9.59 Å². The van der Waals surface area contributed by atoms with Crippen LogP contribution in [0, 0.1) is 19.3 Å². The maximum atomic E-state index is 12.3. The molecule has 0 bridgehead atoms. The molecule has 2 amide bonds. The summed E-state index contributed by atoms with van der Waals surface area (Å²) < 4.78 is 0. The van der Waals surface area contributed by atoms with Gasteiger partial charge >= 0.3 is 0 Å². The van der Waals surface area contributed by atoms with Gasteiger partial charge in [-0.1, -0.05) is 18.6 Å².